The Kier molecular flexibility index (Phi) is 3.99. The number of nitrogens with one attached hydrogen (secondary N) is 2. The van der Waals surface area contributed by atoms with Gasteiger partial charge in [-0.25, -0.2) is 0 Å². The Morgan fingerprint density at radius 2 is 2.00 bits per heavy atom. The minimum absolute atomic E-state index is 0.0477. The van der Waals surface area contributed by atoms with Gasteiger partial charge in [0.25, 0.3) is 0 Å². The number of nitrogens with zero attached hydrogens (tertiary/aromatic N) is 1. The number of likely N-dealkylation sites (N-methyl/N-ethyl adjacent to an activating group) is 1. The van der Waals surface area contributed by atoms with Gasteiger partial charge in [-0.2, -0.15) is 0 Å². The van der Waals surface area contributed by atoms with Crippen LogP contribution in [0.5, 0.6) is 0 Å². The molecule has 2 rings (SSSR count). The van der Waals surface area contributed by atoms with Crippen molar-refractivity contribution in [2.24, 2.45) is 0 Å². The second kappa shape index (κ2) is 5.50. The Morgan fingerprint density at radius 1 is 1.33 bits per heavy atom. The molecule has 1 fully saturated rings. The van der Waals surface area contributed by atoms with Gasteiger partial charge in [0, 0.05) is 25.3 Å². The maximum Gasteiger partial charge on any atom is 0.242 e. The first-order chi connectivity index (χ1) is 8.54. The monoisotopic (exact) mass is 247 g/mol. The van der Waals surface area contributed by atoms with Crippen LogP contribution >= 0.6 is 0 Å². The Morgan fingerprint density at radius 3 is 2.61 bits per heavy atom. The van der Waals surface area contributed by atoms with E-state index < -0.39 is 0 Å². The number of benzene rings is 1. The van der Waals surface area contributed by atoms with Crippen molar-refractivity contribution in [3.05, 3.63) is 29.3 Å². The minimum Gasteiger partial charge on any atom is -0.325 e. The smallest absolute Gasteiger partial charge is 0.242 e. The molecule has 1 atom stereocenters. The molecule has 98 valence electrons. The van der Waals surface area contributed by atoms with Crippen LogP contribution in [0.25, 0.3) is 0 Å². The number of carbonyl (C=O) groups excluding carboxylic acids is 1. The van der Waals surface area contributed by atoms with Crippen LogP contribution in [0.15, 0.2) is 18.2 Å². The molecule has 2 N–H and O–H groups in total. The zero-order valence-electron chi connectivity index (χ0n) is 11.3. The second-order valence-electron chi connectivity index (χ2n) is 5.13. The topological polar surface area (TPSA) is 44.4 Å². The lowest BCUT2D eigenvalue weighted by atomic mass is 10.1. The number of anilines is 1. The Balaban J connectivity index is 2.02. The largest absolute Gasteiger partial charge is 0.325 e. The first-order valence-corrected chi connectivity index (χ1v) is 6.35. The quantitative estimate of drug-likeness (QED) is 0.824. The van der Waals surface area contributed by atoms with Crippen molar-refractivity contribution in [2.75, 3.05) is 32.0 Å². The van der Waals surface area contributed by atoms with Crippen LogP contribution < -0.4 is 10.6 Å². The summed E-state index contributed by atoms with van der Waals surface area (Å²) in [5.41, 5.74) is 3.21. The van der Waals surface area contributed by atoms with Crippen LogP contribution in [0.2, 0.25) is 0 Å². The third kappa shape index (κ3) is 3.31. The van der Waals surface area contributed by atoms with Crippen molar-refractivity contribution in [1.29, 1.82) is 0 Å². The average molecular weight is 247 g/mol. The van der Waals surface area contributed by atoms with Gasteiger partial charge in [-0.05, 0) is 44.2 Å². The number of aryl methyl sites for hydroxylation is 2. The number of hydrogen-bond acceptors (Lipinski definition) is 3. The number of rotatable bonds is 2. The van der Waals surface area contributed by atoms with E-state index in [-0.39, 0.29) is 11.9 Å². The van der Waals surface area contributed by atoms with Crippen LogP contribution in [0.3, 0.4) is 0 Å². The zero-order valence-corrected chi connectivity index (χ0v) is 11.3. The van der Waals surface area contributed by atoms with Crippen molar-refractivity contribution < 1.29 is 4.79 Å². The van der Waals surface area contributed by atoms with Gasteiger partial charge in [0.2, 0.25) is 5.91 Å². The number of hydrogen-bond donors (Lipinski definition) is 2. The predicted octanol–water partition coefficient (Wildman–Crippen LogP) is 1.15. The van der Waals surface area contributed by atoms with Crippen molar-refractivity contribution in [1.82, 2.24) is 10.2 Å². The highest BCUT2D eigenvalue weighted by atomic mass is 16.2. The fraction of sp³-hybridized carbons (Fsp3) is 0.500. The predicted molar refractivity (Wildman–Crippen MR) is 73.8 cm³/mol. The summed E-state index contributed by atoms with van der Waals surface area (Å²) in [6, 6.07) is 5.97. The molecular weight excluding hydrogens is 226 g/mol. The van der Waals surface area contributed by atoms with Gasteiger partial charge in [-0.1, -0.05) is 6.07 Å². The molecule has 0 bridgehead atoms. The van der Waals surface area contributed by atoms with Gasteiger partial charge in [-0.3, -0.25) is 4.79 Å². The molecule has 1 unspecified atom stereocenters. The summed E-state index contributed by atoms with van der Waals surface area (Å²) in [6.45, 7) is 6.69. The van der Waals surface area contributed by atoms with E-state index in [1.807, 2.05) is 33.0 Å². The van der Waals surface area contributed by atoms with Crippen LogP contribution in [0.4, 0.5) is 5.69 Å². The molecule has 0 spiro atoms. The maximum absolute atomic E-state index is 12.1. The summed E-state index contributed by atoms with van der Waals surface area (Å²) in [6.07, 6.45) is 0. The highest BCUT2D eigenvalue weighted by molar-refractivity contribution is 5.95. The molecule has 1 aliphatic heterocycles. The standard InChI is InChI=1S/C14H21N3O/c1-10-6-11(2)8-12(7-10)16-14(18)13-9-17(3)5-4-15-13/h6-8,13,15H,4-5,9H2,1-3H3,(H,16,18). The van der Waals surface area contributed by atoms with Gasteiger partial charge >= 0.3 is 0 Å². The van der Waals surface area contributed by atoms with E-state index in [2.05, 4.69) is 21.6 Å². The van der Waals surface area contributed by atoms with Crippen LogP contribution in [-0.4, -0.2) is 43.5 Å². The summed E-state index contributed by atoms with van der Waals surface area (Å²) < 4.78 is 0. The lowest BCUT2D eigenvalue weighted by Gasteiger charge is -2.29. The number of amides is 1. The molecule has 0 aromatic heterocycles. The van der Waals surface area contributed by atoms with Gasteiger partial charge in [0.15, 0.2) is 0 Å². The molecule has 0 aliphatic carbocycles. The zero-order chi connectivity index (χ0) is 13.1. The van der Waals surface area contributed by atoms with E-state index in [0.717, 1.165) is 25.3 Å². The normalized spacial score (nSPS) is 20.7. The first-order valence-electron chi connectivity index (χ1n) is 6.35. The highest BCUT2D eigenvalue weighted by Gasteiger charge is 2.23. The Hall–Kier alpha value is -1.39. The fourth-order valence-electron chi connectivity index (χ4n) is 2.35. The van der Waals surface area contributed by atoms with Crippen molar-refractivity contribution in [2.45, 2.75) is 19.9 Å². The average Bonchev–Trinajstić information content (AvgIpc) is 2.27. The van der Waals surface area contributed by atoms with E-state index in [1.54, 1.807) is 0 Å². The molecule has 1 aromatic carbocycles. The Bertz CT molecular complexity index is 424. The van der Waals surface area contributed by atoms with E-state index in [4.69, 9.17) is 0 Å². The van der Waals surface area contributed by atoms with Crippen molar-refractivity contribution in [3.63, 3.8) is 0 Å². The number of carbonyl (C=O) groups is 1. The lowest BCUT2D eigenvalue weighted by molar-refractivity contribution is -0.119. The fourth-order valence-corrected chi connectivity index (χ4v) is 2.35. The summed E-state index contributed by atoms with van der Waals surface area (Å²) in [5, 5.41) is 6.23. The molecule has 4 nitrogen and oxygen atoms in total. The summed E-state index contributed by atoms with van der Waals surface area (Å²) in [7, 11) is 2.04. The summed E-state index contributed by atoms with van der Waals surface area (Å²) in [5.74, 6) is 0.0477. The SMILES string of the molecule is Cc1cc(C)cc(NC(=O)C2CN(C)CCN2)c1. The lowest BCUT2D eigenvalue weighted by Crippen LogP contribution is -2.54. The molecule has 0 radical (unpaired) electrons. The van der Waals surface area contributed by atoms with Crippen LogP contribution in [-0.2, 0) is 4.79 Å². The van der Waals surface area contributed by atoms with Gasteiger partial charge in [0.1, 0.15) is 0 Å². The van der Waals surface area contributed by atoms with Gasteiger partial charge in [0.05, 0.1) is 6.04 Å². The molecule has 1 saturated heterocycles. The van der Waals surface area contributed by atoms with Crippen LogP contribution in [0, 0.1) is 13.8 Å². The third-order valence-electron chi connectivity index (χ3n) is 3.18. The number of piperazine rings is 1. The molecule has 18 heavy (non-hydrogen) atoms. The summed E-state index contributed by atoms with van der Waals surface area (Å²) >= 11 is 0. The maximum atomic E-state index is 12.1. The van der Waals surface area contributed by atoms with Gasteiger partial charge < -0.3 is 15.5 Å². The molecule has 1 aliphatic rings. The molecule has 1 aromatic rings. The molecule has 4 heteroatoms. The highest BCUT2D eigenvalue weighted by Crippen LogP contribution is 2.14. The Labute approximate surface area is 108 Å². The minimum atomic E-state index is -0.121. The van der Waals surface area contributed by atoms with Crippen molar-refractivity contribution in [3.8, 4) is 0 Å². The van der Waals surface area contributed by atoms with Crippen molar-refractivity contribution >= 4 is 11.6 Å². The third-order valence-corrected chi connectivity index (χ3v) is 3.18. The van der Waals surface area contributed by atoms with E-state index in [1.165, 1.54) is 11.1 Å². The van der Waals surface area contributed by atoms with E-state index in [9.17, 15) is 4.79 Å². The summed E-state index contributed by atoms with van der Waals surface area (Å²) in [4.78, 5) is 14.3. The second-order valence-corrected chi connectivity index (χ2v) is 5.13. The van der Waals surface area contributed by atoms with E-state index in [0.29, 0.717) is 0 Å². The van der Waals surface area contributed by atoms with E-state index >= 15 is 0 Å². The van der Waals surface area contributed by atoms with Gasteiger partial charge in [-0.15, -0.1) is 0 Å². The molecule has 0 saturated carbocycles. The van der Waals surface area contributed by atoms with Crippen LogP contribution in [0.1, 0.15) is 11.1 Å². The molecule has 1 heterocycles. The first kappa shape index (κ1) is 13.1. The molecule has 1 amide bonds. The molecular formula is C14H21N3O.